The Morgan fingerprint density at radius 3 is 2.20 bits per heavy atom. The van der Waals surface area contributed by atoms with Crippen LogP contribution in [0.1, 0.15) is 40.2 Å². The molecule has 3 N–H and O–H groups in total. The molecule has 2 amide bonds. The number of alkyl carbamates (subject to hydrolysis) is 1. The highest BCUT2D eigenvalue weighted by Gasteiger charge is 2.38. The molecular weight excluding hydrogens is 451 g/mol. The first-order valence-electron chi connectivity index (χ1n) is 11.4. The van der Waals surface area contributed by atoms with E-state index in [2.05, 4.69) is 10.6 Å². The Morgan fingerprint density at radius 1 is 0.971 bits per heavy atom. The summed E-state index contributed by atoms with van der Waals surface area (Å²) < 4.78 is 19.2. The second kappa shape index (κ2) is 9.21. The van der Waals surface area contributed by atoms with Crippen LogP contribution >= 0.6 is 0 Å². The number of carboxylic acids is 1. The Kier molecular flexibility index (Phi) is 5.94. The zero-order chi connectivity index (χ0) is 24.5. The van der Waals surface area contributed by atoms with Gasteiger partial charge in [0.1, 0.15) is 18.5 Å². The van der Waals surface area contributed by atoms with Crippen LogP contribution in [0.2, 0.25) is 0 Å². The fourth-order valence-electron chi connectivity index (χ4n) is 4.58. The number of hydrogen-bond donors (Lipinski definition) is 3. The number of aromatic carboxylic acids is 1. The van der Waals surface area contributed by atoms with Gasteiger partial charge in [0.05, 0.1) is 5.56 Å². The molecule has 7 nitrogen and oxygen atoms in total. The third-order valence-corrected chi connectivity index (χ3v) is 6.46. The molecule has 0 aromatic heterocycles. The molecule has 35 heavy (non-hydrogen) atoms. The minimum atomic E-state index is -1.44. The van der Waals surface area contributed by atoms with Gasteiger partial charge in [0.25, 0.3) is 0 Å². The molecule has 2 aliphatic rings. The number of carbonyl (C=O) groups excluding carboxylic acids is 2. The SMILES string of the molecule is O=C(NC(C(=O)Nc1ccc(F)c(C(=O)O)c1)C1CC1)OCC1c2ccccc2-c2ccccc21. The molecular formula is C27H23FN2O5. The van der Waals surface area contributed by atoms with Gasteiger partial charge in [-0.1, -0.05) is 48.5 Å². The number of carbonyl (C=O) groups is 3. The fraction of sp³-hybridized carbons (Fsp3) is 0.222. The second-order valence-electron chi connectivity index (χ2n) is 8.77. The first kappa shape index (κ1) is 22.6. The van der Waals surface area contributed by atoms with Crippen LogP contribution in [0.15, 0.2) is 66.7 Å². The summed E-state index contributed by atoms with van der Waals surface area (Å²) in [4.78, 5) is 36.7. The summed E-state index contributed by atoms with van der Waals surface area (Å²) in [6, 6.07) is 18.5. The van der Waals surface area contributed by atoms with Gasteiger partial charge in [-0.3, -0.25) is 4.79 Å². The molecule has 0 radical (unpaired) electrons. The third kappa shape index (κ3) is 4.59. The van der Waals surface area contributed by atoms with Crippen molar-refractivity contribution < 1.29 is 28.6 Å². The number of fused-ring (bicyclic) bond motifs is 3. The average molecular weight is 474 g/mol. The predicted octanol–water partition coefficient (Wildman–Crippen LogP) is 4.78. The average Bonchev–Trinajstić information content (AvgIpc) is 3.64. The molecule has 2 aliphatic carbocycles. The highest BCUT2D eigenvalue weighted by atomic mass is 19.1. The molecule has 0 bridgehead atoms. The van der Waals surface area contributed by atoms with Gasteiger partial charge in [-0.15, -0.1) is 0 Å². The van der Waals surface area contributed by atoms with E-state index in [1.807, 2.05) is 48.5 Å². The van der Waals surface area contributed by atoms with Crippen molar-refractivity contribution in [1.82, 2.24) is 5.32 Å². The molecule has 1 fully saturated rings. The van der Waals surface area contributed by atoms with E-state index in [4.69, 9.17) is 9.84 Å². The summed E-state index contributed by atoms with van der Waals surface area (Å²) in [5.74, 6) is -2.99. The molecule has 1 saturated carbocycles. The lowest BCUT2D eigenvalue weighted by Gasteiger charge is -2.19. The van der Waals surface area contributed by atoms with Crippen molar-refractivity contribution >= 4 is 23.7 Å². The van der Waals surface area contributed by atoms with E-state index < -0.39 is 35.4 Å². The normalized spacial score (nSPS) is 15.0. The van der Waals surface area contributed by atoms with Gasteiger partial charge in [0.15, 0.2) is 0 Å². The predicted molar refractivity (Wildman–Crippen MR) is 127 cm³/mol. The number of rotatable bonds is 7. The Balaban J connectivity index is 1.25. The lowest BCUT2D eigenvalue weighted by atomic mass is 9.98. The first-order valence-corrected chi connectivity index (χ1v) is 11.4. The Labute approximate surface area is 200 Å². The van der Waals surface area contributed by atoms with Crippen molar-refractivity contribution in [3.63, 3.8) is 0 Å². The van der Waals surface area contributed by atoms with Crippen LogP contribution in [0.3, 0.4) is 0 Å². The van der Waals surface area contributed by atoms with Crippen molar-refractivity contribution in [3.8, 4) is 11.1 Å². The van der Waals surface area contributed by atoms with Gasteiger partial charge in [0, 0.05) is 11.6 Å². The molecule has 8 heteroatoms. The third-order valence-electron chi connectivity index (χ3n) is 6.46. The van der Waals surface area contributed by atoms with Gasteiger partial charge in [-0.05, 0) is 59.2 Å². The van der Waals surface area contributed by atoms with E-state index in [1.54, 1.807) is 0 Å². The van der Waals surface area contributed by atoms with Crippen molar-refractivity contribution in [1.29, 1.82) is 0 Å². The number of benzene rings is 3. The number of hydrogen-bond acceptors (Lipinski definition) is 4. The summed E-state index contributed by atoms with van der Waals surface area (Å²) in [6.07, 6.45) is 0.834. The largest absolute Gasteiger partial charge is 0.478 e. The van der Waals surface area contributed by atoms with E-state index in [0.29, 0.717) is 0 Å². The van der Waals surface area contributed by atoms with Gasteiger partial charge < -0.3 is 20.5 Å². The summed E-state index contributed by atoms with van der Waals surface area (Å²) in [5, 5.41) is 14.3. The van der Waals surface area contributed by atoms with Gasteiger partial charge in [-0.2, -0.15) is 0 Å². The maximum atomic E-state index is 13.7. The van der Waals surface area contributed by atoms with E-state index in [1.165, 1.54) is 6.07 Å². The van der Waals surface area contributed by atoms with Gasteiger partial charge in [0.2, 0.25) is 5.91 Å². The highest BCUT2D eigenvalue weighted by Crippen LogP contribution is 2.44. The van der Waals surface area contributed by atoms with Crippen molar-refractivity contribution in [2.75, 3.05) is 11.9 Å². The van der Waals surface area contributed by atoms with Crippen LogP contribution < -0.4 is 10.6 Å². The van der Waals surface area contributed by atoms with E-state index in [-0.39, 0.29) is 24.1 Å². The summed E-state index contributed by atoms with van der Waals surface area (Å²) in [7, 11) is 0. The number of halogens is 1. The lowest BCUT2D eigenvalue weighted by molar-refractivity contribution is -0.118. The first-order chi connectivity index (χ1) is 16.9. The minimum Gasteiger partial charge on any atom is -0.478 e. The van der Waals surface area contributed by atoms with E-state index in [9.17, 15) is 18.8 Å². The molecule has 0 heterocycles. The van der Waals surface area contributed by atoms with Crippen LogP contribution in [0.25, 0.3) is 11.1 Å². The van der Waals surface area contributed by atoms with Crippen LogP contribution in [-0.4, -0.2) is 35.7 Å². The van der Waals surface area contributed by atoms with Crippen LogP contribution in [0.4, 0.5) is 14.9 Å². The zero-order valence-corrected chi connectivity index (χ0v) is 18.7. The van der Waals surface area contributed by atoms with Crippen molar-refractivity contribution in [3.05, 3.63) is 89.2 Å². The van der Waals surface area contributed by atoms with E-state index in [0.717, 1.165) is 47.2 Å². The molecule has 1 unspecified atom stereocenters. The topological polar surface area (TPSA) is 105 Å². The quantitative estimate of drug-likeness (QED) is 0.457. The summed E-state index contributed by atoms with van der Waals surface area (Å²) in [6.45, 7) is 0.124. The second-order valence-corrected chi connectivity index (χ2v) is 8.77. The fourth-order valence-corrected chi connectivity index (χ4v) is 4.58. The molecule has 178 valence electrons. The number of amides is 2. The Hall–Kier alpha value is -4.20. The minimum absolute atomic E-state index is 0.0464. The Bertz CT molecular complexity index is 1270. The summed E-state index contributed by atoms with van der Waals surface area (Å²) in [5.41, 5.74) is 4.00. The standard InChI is InChI=1S/C27H23FN2O5/c28-23-12-11-16(13-21(23)26(32)33)29-25(31)24(15-9-10-15)30-27(34)35-14-22-19-7-3-1-5-17(19)18-6-2-4-8-20(18)22/h1-8,11-13,15,22,24H,9-10,14H2,(H,29,31)(H,30,34)(H,32,33). The summed E-state index contributed by atoms with van der Waals surface area (Å²) >= 11 is 0. The number of ether oxygens (including phenoxy) is 1. The van der Waals surface area contributed by atoms with E-state index >= 15 is 0 Å². The molecule has 0 aliphatic heterocycles. The molecule has 3 aromatic rings. The maximum Gasteiger partial charge on any atom is 0.407 e. The van der Waals surface area contributed by atoms with Crippen LogP contribution in [-0.2, 0) is 9.53 Å². The molecule has 0 saturated heterocycles. The number of nitrogens with one attached hydrogen (secondary N) is 2. The Morgan fingerprint density at radius 2 is 1.60 bits per heavy atom. The monoisotopic (exact) mass is 474 g/mol. The van der Waals surface area contributed by atoms with Crippen molar-refractivity contribution in [2.24, 2.45) is 5.92 Å². The molecule has 5 rings (SSSR count). The van der Waals surface area contributed by atoms with Crippen molar-refractivity contribution in [2.45, 2.75) is 24.8 Å². The smallest absolute Gasteiger partial charge is 0.407 e. The molecule has 0 spiro atoms. The maximum absolute atomic E-state index is 13.7. The molecule has 3 aromatic carbocycles. The van der Waals surface area contributed by atoms with Gasteiger partial charge in [-0.25, -0.2) is 14.0 Å². The number of carboxylic acid groups (broad SMARTS) is 1. The highest BCUT2D eigenvalue weighted by molar-refractivity contribution is 5.98. The van der Waals surface area contributed by atoms with Crippen LogP contribution in [0.5, 0.6) is 0 Å². The lowest BCUT2D eigenvalue weighted by Crippen LogP contribution is -2.45. The zero-order valence-electron chi connectivity index (χ0n) is 18.7. The molecule has 1 atom stereocenters. The number of anilines is 1. The van der Waals surface area contributed by atoms with Gasteiger partial charge >= 0.3 is 12.1 Å². The van der Waals surface area contributed by atoms with Crippen LogP contribution in [0, 0.1) is 11.7 Å².